The number of carbonyl (C=O) groups is 2. The molecule has 1 aliphatic rings. The topological polar surface area (TPSA) is 92.5 Å². The Morgan fingerprint density at radius 2 is 2.00 bits per heavy atom. The first kappa shape index (κ1) is 19.7. The van der Waals surface area contributed by atoms with E-state index in [1.165, 1.54) is 23.1 Å². The molecule has 0 bridgehead atoms. The summed E-state index contributed by atoms with van der Waals surface area (Å²) in [5, 5.41) is 5.64. The van der Waals surface area contributed by atoms with Crippen molar-refractivity contribution in [1.29, 1.82) is 0 Å². The van der Waals surface area contributed by atoms with Gasteiger partial charge in [0.2, 0.25) is 11.8 Å². The Kier molecular flexibility index (Phi) is 5.96. The van der Waals surface area contributed by atoms with E-state index >= 15 is 0 Å². The van der Waals surface area contributed by atoms with Gasteiger partial charge >= 0.3 is 5.63 Å². The lowest BCUT2D eigenvalue weighted by molar-refractivity contribution is -0.127. The summed E-state index contributed by atoms with van der Waals surface area (Å²) < 4.78 is 5.34. The van der Waals surface area contributed by atoms with Crippen molar-refractivity contribution in [1.82, 2.24) is 9.88 Å². The van der Waals surface area contributed by atoms with E-state index in [0.717, 1.165) is 31.3 Å². The number of aromatic nitrogens is 1. The van der Waals surface area contributed by atoms with Gasteiger partial charge in [0.25, 0.3) is 0 Å². The molecule has 1 aliphatic heterocycles. The smallest absolute Gasteiger partial charge is 0.345 e. The van der Waals surface area contributed by atoms with Crippen molar-refractivity contribution in [3.05, 3.63) is 46.1 Å². The summed E-state index contributed by atoms with van der Waals surface area (Å²) in [6.07, 6.45) is 2.11. The molecule has 0 spiro atoms. The molecule has 1 N–H and O–H groups in total. The van der Waals surface area contributed by atoms with Crippen molar-refractivity contribution >= 4 is 51.0 Å². The average Bonchev–Trinajstić information content (AvgIpc) is 3.39. The van der Waals surface area contributed by atoms with Crippen LogP contribution in [0.4, 0.5) is 5.13 Å². The lowest BCUT2D eigenvalue weighted by atomic mass is 10.1. The van der Waals surface area contributed by atoms with Gasteiger partial charge in [-0.25, -0.2) is 9.78 Å². The highest BCUT2D eigenvalue weighted by Crippen LogP contribution is 2.25. The van der Waals surface area contributed by atoms with Crippen LogP contribution in [-0.2, 0) is 9.59 Å². The number of para-hydroxylation sites is 1. The Morgan fingerprint density at radius 3 is 2.83 bits per heavy atom. The second kappa shape index (κ2) is 8.79. The number of thioether (sulfide) groups is 1. The zero-order chi connectivity index (χ0) is 20.2. The van der Waals surface area contributed by atoms with Gasteiger partial charge in [0, 0.05) is 23.9 Å². The third-order valence-electron chi connectivity index (χ3n) is 4.59. The molecular weight excluding hydrogens is 410 g/mol. The van der Waals surface area contributed by atoms with E-state index in [2.05, 4.69) is 10.3 Å². The Hall–Kier alpha value is -2.65. The maximum atomic E-state index is 12.3. The van der Waals surface area contributed by atoms with E-state index in [1.807, 2.05) is 17.0 Å². The molecule has 2 amide bonds. The number of nitrogens with one attached hydrogen (secondary N) is 1. The Bertz CT molecular complexity index is 1100. The van der Waals surface area contributed by atoms with E-state index in [4.69, 9.17) is 4.42 Å². The standard InChI is InChI=1S/C20H19N3O4S2/c24-17(11-28-12-18(25)23-7-3-4-8-23)22-20-21-15(10-29-20)14-9-13-5-1-2-6-16(13)27-19(14)26/h1-2,5-6,9-10H,3-4,7-8,11-12H2,(H,21,22,24). The normalized spacial score (nSPS) is 13.7. The molecule has 0 aliphatic carbocycles. The van der Waals surface area contributed by atoms with Crippen LogP contribution in [0.2, 0.25) is 0 Å². The van der Waals surface area contributed by atoms with Crippen molar-refractivity contribution in [3.63, 3.8) is 0 Å². The summed E-state index contributed by atoms with van der Waals surface area (Å²) in [6.45, 7) is 1.63. The molecule has 0 saturated carbocycles. The van der Waals surface area contributed by atoms with Gasteiger partial charge in [0.15, 0.2) is 5.13 Å². The van der Waals surface area contributed by atoms with Crippen molar-refractivity contribution in [2.45, 2.75) is 12.8 Å². The van der Waals surface area contributed by atoms with Crippen LogP contribution >= 0.6 is 23.1 Å². The number of anilines is 1. The summed E-state index contributed by atoms with van der Waals surface area (Å²) in [5.41, 5.74) is 0.862. The summed E-state index contributed by atoms with van der Waals surface area (Å²) >= 11 is 2.53. The van der Waals surface area contributed by atoms with Crippen molar-refractivity contribution in [3.8, 4) is 11.3 Å². The Morgan fingerprint density at radius 1 is 1.21 bits per heavy atom. The van der Waals surface area contributed by atoms with E-state index in [9.17, 15) is 14.4 Å². The van der Waals surface area contributed by atoms with Gasteiger partial charge in [-0.15, -0.1) is 23.1 Å². The summed E-state index contributed by atoms with van der Waals surface area (Å²) in [6, 6.07) is 9.00. The largest absolute Gasteiger partial charge is 0.422 e. The minimum atomic E-state index is -0.470. The van der Waals surface area contributed by atoms with E-state index in [1.54, 1.807) is 23.6 Å². The van der Waals surface area contributed by atoms with Crippen LogP contribution in [0, 0.1) is 0 Å². The molecule has 2 aromatic heterocycles. The van der Waals surface area contributed by atoms with Crippen molar-refractivity contribution < 1.29 is 14.0 Å². The summed E-state index contributed by atoms with van der Waals surface area (Å²) in [4.78, 5) is 42.6. The third-order valence-corrected chi connectivity index (χ3v) is 6.26. The Balaban J connectivity index is 1.35. The van der Waals surface area contributed by atoms with Gasteiger partial charge < -0.3 is 14.6 Å². The first-order chi connectivity index (χ1) is 14.1. The van der Waals surface area contributed by atoms with Gasteiger partial charge in [-0.05, 0) is 25.0 Å². The second-order valence-electron chi connectivity index (χ2n) is 6.65. The molecule has 0 unspecified atom stereocenters. The van der Waals surface area contributed by atoms with Crippen LogP contribution in [0.15, 0.2) is 44.9 Å². The van der Waals surface area contributed by atoms with Crippen LogP contribution in [0.1, 0.15) is 12.8 Å². The molecule has 1 aromatic carbocycles. The monoisotopic (exact) mass is 429 g/mol. The zero-order valence-electron chi connectivity index (χ0n) is 15.6. The molecular formula is C20H19N3O4S2. The molecule has 150 valence electrons. The summed E-state index contributed by atoms with van der Waals surface area (Å²) in [7, 11) is 0. The highest BCUT2D eigenvalue weighted by atomic mass is 32.2. The molecule has 29 heavy (non-hydrogen) atoms. The maximum absolute atomic E-state index is 12.3. The van der Waals surface area contributed by atoms with Crippen LogP contribution in [0.25, 0.3) is 22.2 Å². The van der Waals surface area contributed by atoms with Gasteiger partial charge in [-0.1, -0.05) is 18.2 Å². The summed E-state index contributed by atoms with van der Waals surface area (Å²) in [5.74, 6) is 0.330. The lowest BCUT2D eigenvalue weighted by Gasteiger charge is -2.14. The predicted octanol–water partition coefficient (Wildman–Crippen LogP) is 3.21. The number of hydrogen-bond acceptors (Lipinski definition) is 7. The third kappa shape index (κ3) is 4.68. The van der Waals surface area contributed by atoms with Crippen LogP contribution in [-0.4, -0.2) is 46.3 Å². The molecule has 1 saturated heterocycles. The molecule has 7 nitrogen and oxygen atoms in total. The maximum Gasteiger partial charge on any atom is 0.345 e. The number of rotatable bonds is 6. The first-order valence-corrected chi connectivity index (χ1v) is 11.3. The number of fused-ring (bicyclic) bond motifs is 1. The second-order valence-corrected chi connectivity index (χ2v) is 8.50. The highest BCUT2D eigenvalue weighted by Gasteiger charge is 2.18. The number of thiazole rings is 1. The number of hydrogen-bond donors (Lipinski definition) is 1. The zero-order valence-corrected chi connectivity index (χ0v) is 17.2. The lowest BCUT2D eigenvalue weighted by Crippen LogP contribution is -2.29. The van der Waals surface area contributed by atoms with Crippen LogP contribution in [0.5, 0.6) is 0 Å². The predicted molar refractivity (Wildman–Crippen MR) is 115 cm³/mol. The van der Waals surface area contributed by atoms with Gasteiger partial charge in [-0.2, -0.15) is 0 Å². The molecule has 1 fully saturated rings. The molecule has 0 atom stereocenters. The molecule has 9 heteroatoms. The first-order valence-electron chi connectivity index (χ1n) is 9.24. The number of benzene rings is 1. The van der Waals surface area contributed by atoms with Crippen LogP contribution in [0.3, 0.4) is 0 Å². The van der Waals surface area contributed by atoms with E-state index < -0.39 is 5.63 Å². The quantitative estimate of drug-likeness (QED) is 0.605. The molecule has 3 heterocycles. The average molecular weight is 430 g/mol. The van der Waals surface area contributed by atoms with Gasteiger partial charge in [-0.3, -0.25) is 9.59 Å². The molecule has 4 rings (SSSR count). The highest BCUT2D eigenvalue weighted by molar-refractivity contribution is 8.00. The fraction of sp³-hybridized carbons (Fsp3) is 0.300. The number of carbonyl (C=O) groups excluding carboxylic acids is 2. The van der Waals surface area contributed by atoms with Crippen molar-refractivity contribution in [2.75, 3.05) is 29.9 Å². The van der Waals surface area contributed by atoms with Crippen molar-refractivity contribution in [2.24, 2.45) is 0 Å². The number of amides is 2. The SMILES string of the molecule is O=C(CSCC(=O)N1CCCC1)Nc1nc(-c2cc3ccccc3oc2=O)cs1. The van der Waals surface area contributed by atoms with Crippen LogP contribution < -0.4 is 10.9 Å². The number of likely N-dealkylation sites (tertiary alicyclic amines) is 1. The van der Waals surface area contributed by atoms with E-state index in [0.29, 0.717) is 27.7 Å². The fourth-order valence-corrected chi connectivity index (χ4v) is 4.58. The fourth-order valence-electron chi connectivity index (χ4n) is 3.14. The van der Waals surface area contributed by atoms with E-state index in [-0.39, 0.29) is 17.6 Å². The molecule has 0 radical (unpaired) electrons. The minimum absolute atomic E-state index is 0.0832. The Labute approximate surface area is 175 Å². The van der Waals surface area contributed by atoms with Gasteiger partial charge in [0.05, 0.1) is 22.8 Å². The van der Waals surface area contributed by atoms with Gasteiger partial charge in [0.1, 0.15) is 5.58 Å². The minimum Gasteiger partial charge on any atom is -0.422 e. The molecule has 3 aromatic rings. The number of nitrogens with zero attached hydrogens (tertiary/aromatic N) is 2.